The van der Waals surface area contributed by atoms with Crippen LogP contribution in [0.5, 0.6) is 5.75 Å². The van der Waals surface area contributed by atoms with Gasteiger partial charge >= 0.3 is 0 Å². The van der Waals surface area contributed by atoms with Crippen molar-refractivity contribution in [1.29, 1.82) is 0 Å². The number of aromatic nitrogens is 1. The molecule has 2 aromatic carbocycles. The first-order chi connectivity index (χ1) is 12.1. The normalized spacial score (nSPS) is 10.5. The average Bonchev–Trinajstić information content (AvgIpc) is 3.10. The molecule has 0 saturated heterocycles. The maximum atomic E-state index is 12.1. The van der Waals surface area contributed by atoms with Gasteiger partial charge in [-0.25, -0.2) is 4.98 Å². The average molecular weight is 370 g/mol. The molecule has 128 valence electrons. The largest absolute Gasteiger partial charge is 0.497 e. The van der Waals surface area contributed by atoms with Crippen molar-refractivity contribution in [2.24, 2.45) is 0 Å². The molecule has 0 spiro atoms. The summed E-state index contributed by atoms with van der Waals surface area (Å²) in [5, 5.41) is 5.39. The highest BCUT2D eigenvalue weighted by Crippen LogP contribution is 2.27. The Kier molecular flexibility index (Phi) is 5.73. The third-order valence-electron chi connectivity index (χ3n) is 3.51. The van der Waals surface area contributed by atoms with E-state index in [1.165, 1.54) is 28.7 Å². The first kappa shape index (κ1) is 17.5. The van der Waals surface area contributed by atoms with Gasteiger partial charge in [-0.1, -0.05) is 29.8 Å². The van der Waals surface area contributed by atoms with Gasteiger partial charge in [0.05, 0.1) is 18.6 Å². The summed E-state index contributed by atoms with van der Waals surface area (Å²) in [7, 11) is 1.64. The Bertz CT molecular complexity index is 860. The van der Waals surface area contributed by atoms with Crippen molar-refractivity contribution < 1.29 is 9.53 Å². The summed E-state index contributed by atoms with van der Waals surface area (Å²) >= 11 is 2.93. The van der Waals surface area contributed by atoms with Crippen LogP contribution in [0.15, 0.2) is 58.8 Å². The number of thioether (sulfide) groups is 1. The molecule has 3 aromatic rings. The van der Waals surface area contributed by atoms with Crippen LogP contribution in [0, 0.1) is 6.92 Å². The van der Waals surface area contributed by atoms with Crippen molar-refractivity contribution in [2.75, 3.05) is 18.2 Å². The second kappa shape index (κ2) is 8.18. The van der Waals surface area contributed by atoms with Gasteiger partial charge in [0.1, 0.15) is 5.75 Å². The molecular weight excluding hydrogens is 352 g/mol. The molecule has 1 N–H and O–H groups in total. The highest BCUT2D eigenvalue weighted by Gasteiger charge is 2.09. The van der Waals surface area contributed by atoms with Crippen LogP contribution in [0.3, 0.4) is 0 Å². The zero-order valence-corrected chi connectivity index (χ0v) is 15.6. The van der Waals surface area contributed by atoms with E-state index >= 15 is 0 Å². The lowest BCUT2D eigenvalue weighted by Gasteiger charge is -2.03. The Morgan fingerprint density at radius 1 is 1.24 bits per heavy atom. The molecule has 0 radical (unpaired) electrons. The Balaban J connectivity index is 1.58. The summed E-state index contributed by atoms with van der Waals surface area (Å²) in [6.45, 7) is 2.05. The Labute approximate surface area is 155 Å². The first-order valence-electron chi connectivity index (χ1n) is 7.73. The van der Waals surface area contributed by atoms with Gasteiger partial charge in [0.25, 0.3) is 0 Å². The zero-order valence-electron chi connectivity index (χ0n) is 14.0. The lowest BCUT2D eigenvalue weighted by Crippen LogP contribution is -2.13. The minimum absolute atomic E-state index is 0.0582. The fourth-order valence-corrected chi connectivity index (χ4v) is 3.62. The smallest absolute Gasteiger partial charge is 0.236 e. The molecule has 1 heterocycles. The second-order valence-corrected chi connectivity index (χ2v) is 7.33. The minimum Gasteiger partial charge on any atom is -0.497 e. The number of aryl methyl sites for hydroxylation is 1. The predicted octanol–water partition coefficient (Wildman–Crippen LogP) is 4.86. The van der Waals surface area contributed by atoms with E-state index in [9.17, 15) is 4.79 Å². The maximum absolute atomic E-state index is 12.1. The lowest BCUT2D eigenvalue weighted by molar-refractivity contribution is -0.113. The van der Waals surface area contributed by atoms with Gasteiger partial charge < -0.3 is 10.1 Å². The molecule has 0 aliphatic heterocycles. The van der Waals surface area contributed by atoms with Crippen molar-refractivity contribution in [3.8, 4) is 17.0 Å². The summed E-state index contributed by atoms with van der Waals surface area (Å²) < 4.78 is 5.23. The Morgan fingerprint density at radius 2 is 2.04 bits per heavy atom. The van der Waals surface area contributed by atoms with Crippen molar-refractivity contribution in [3.63, 3.8) is 0 Å². The molecule has 0 atom stereocenters. The van der Waals surface area contributed by atoms with E-state index in [0.717, 1.165) is 21.9 Å². The van der Waals surface area contributed by atoms with Crippen molar-refractivity contribution >= 4 is 34.1 Å². The molecule has 4 nitrogen and oxygen atoms in total. The van der Waals surface area contributed by atoms with E-state index in [2.05, 4.69) is 10.3 Å². The van der Waals surface area contributed by atoms with E-state index in [0.29, 0.717) is 10.9 Å². The van der Waals surface area contributed by atoms with Gasteiger partial charge in [0.2, 0.25) is 5.91 Å². The van der Waals surface area contributed by atoms with Crippen LogP contribution in [0.4, 0.5) is 5.13 Å². The lowest BCUT2D eigenvalue weighted by atomic mass is 10.2. The van der Waals surface area contributed by atoms with Crippen molar-refractivity contribution in [3.05, 3.63) is 59.5 Å². The molecule has 1 aromatic heterocycles. The number of hydrogen-bond donors (Lipinski definition) is 1. The molecule has 0 aliphatic rings. The van der Waals surface area contributed by atoms with Crippen LogP contribution < -0.4 is 10.1 Å². The maximum Gasteiger partial charge on any atom is 0.236 e. The van der Waals surface area contributed by atoms with Crippen LogP contribution in [0.25, 0.3) is 11.3 Å². The summed E-state index contributed by atoms with van der Waals surface area (Å²) in [6, 6.07) is 15.8. The van der Waals surface area contributed by atoms with E-state index in [-0.39, 0.29) is 5.91 Å². The van der Waals surface area contributed by atoms with Crippen molar-refractivity contribution in [2.45, 2.75) is 11.8 Å². The molecule has 25 heavy (non-hydrogen) atoms. The van der Waals surface area contributed by atoms with Gasteiger partial charge in [-0.3, -0.25) is 4.79 Å². The van der Waals surface area contributed by atoms with E-state index in [1.54, 1.807) is 7.11 Å². The standard InChI is InChI=1S/C19H18N2O2S2/c1-13-6-8-16(9-7-13)24-12-18(22)21-19-20-17(11-25-19)14-4-3-5-15(10-14)23-2/h3-11H,12H2,1-2H3,(H,20,21,22). The molecule has 0 saturated carbocycles. The van der Waals surface area contributed by atoms with Gasteiger partial charge in [0.15, 0.2) is 5.13 Å². The molecule has 0 unspecified atom stereocenters. The van der Waals surface area contributed by atoms with Gasteiger partial charge in [0, 0.05) is 15.8 Å². The third kappa shape index (κ3) is 4.84. The SMILES string of the molecule is COc1cccc(-c2csc(NC(=O)CSc3ccc(C)cc3)n2)c1. The van der Waals surface area contributed by atoms with Gasteiger partial charge in [-0.2, -0.15) is 0 Å². The summed E-state index contributed by atoms with van der Waals surface area (Å²) in [5.41, 5.74) is 3.00. The van der Waals surface area contributed by atoms with Crippen LogP contribution in [0.1, 0.15) is 5.56 Å². The molecule has 6 heteroatoms. The van der Waals surface area contributed by atoms with Crippen molar-refractivity contribution in [1.82, 2.24) is 4.98 Å². The summed E-state index contributed by atoms with van der Waals surface area (Å²) in [4.78, 5) is 17.7. The number of methoxy groups -OCH3 is 1. The first-order valence-corrected chi connectivity index (χ1v) is 9.60. The van der Waals surface area contributed by atoms with Gasteiger partial charge in [-0.15, -0.1) is 23.1 Å². The van der Waals surface area contributed by atoms with E-state index in [1.807, 2.05) is 60.8 Å². The summed E-state index contributed by atoms with van der Waals surface area (Å²) in [5.74, 6) is 1.08. The molecule has 1 amide bonds. The van der Waals surface area contributed by atoms with Crippen LogP contribution >= 0.6 is 23.1 Å². The third-order valence-corrected chi connectivity index (χ3v) is 5.28. The van der Waals surface area contributed by atoms with Gasteiger partial charge in [-0.05, 0) is 31.2 Å². The summed E-state index contributed by atoms with van der Waals surface area (Å²) in [6.07, 6.45) is 0. The molecular formula is C19H18N2O2S2. The fourth-order valence-electron chi connectivity index (χ4n) is 2.18. The second-order valence-electron chi connectivity index (χ2n) is 5.42. The number of ether oxygens (including phenoxy) is 1. The topological polar surface area (TPSA) is 51.2 Å². The fraction of sp³-hybridized carbons (Fsp3) is 0.158. The zero-order chi connectivity index (χ0) is 17.6. The van der Waals surface area contributed by atoms with Crippen LogP contribution in [-0.4, -0.2) is 23.8 Å². The van der Waals surface area contributed by atoms with Crippen LogP contribution in [0.2, 0.25) is 0 Å². The van der Waals surface area contributed by atoms with E-state index < -0.39 is 0 Å². The molecule has 0 aliphatic carbocycles. The number of nitrogens with zero attached hydrogens (tertiary/aromatic N) is 1. The number of rotatable bonds is 6. The van der Waals surface area contributed by atoms with Crippen LogP contribution in [-0.2, 0) is 4.79 Å². The molecule has 0 fully saturated rings. The minimum atomic E-state index is -0.0582. The predicted molar refractivity (Wildman–Crippen MR) is 105 cm³/mol. The van der Waals surface area contributed by atoms with E-state index in [4.69, 9.17) is 4.74 Å². The molecule has 0 bridgehead atoms. The quantitative estimate of drug-likeness (QED) is 0.630. The number of amides is 1. The Hall–Kier alpha value is -2.31. The molecule has 3 rings (SSSR count). The highest BCUT2D eigenvalue weighted by molar-refractivity contribution is 8.00. The number of nitrogens with one attached hydrogen (secondary N) is 1. The number of anilines is 1. The number of carbonyl (C=O) groups is 1. The monoisotopic (exact) mass is 370 g/mol. The Morgan fingerprint density at radius 3 is 2.80 bits per heavy atom. The highest BCUT2D eigenvalue weighted by atomic mass is 32.2. The number of carbonyl (C=O) groups excluding carboxylic acids is 1. The number of benzene rings is 2. The number of hydrogen-bond acceptors (Lipinski definition) is 5. The number of thiazole rings is 1.